The van der Waals surface area contributed by atoms with Gasteiger partial charge in [0.25, 0.3) is 0 Å². The Labute approximate surface area is 70.6 Å². The van der Waals surface area contributed by atoms with Gasteiger partial charge >= 0.3 is 0 Å². The summed E-state index contributed by atoms with van der Waals surface area (Å²) in [5.41, 5.74) is 3.53. The van der Waals surface area contributed by atoms with Crippen molar-refractivity contribution in [2.45, 2.75) is 6.17 Å². The van der Waals surface area contributed by atoms with Crippen molar-refractivity contribution in [2.24, 2.45) is 5.84 Å². The summed E-state index contributed by atoms with van der Waals surface area (Å²) < 4.78 is 0. The van der Waals surface area contributed by atoms with Gasteiger partial charge in [0.2, 0.25) is 0 Å². The topological polar surface area (TPSA) is 50.1 Å². The summed E-state index contributed by atoms with van der Waals surface area (Å²) in [5, 5.41) is 0. The molecule has 0 aliphatic rings. The standard InChI is InChI=1S/C7H10ClN3/c8-10-7(11-9)6-4-2-1-3-5-6/h1-5,7,10-11H,9H2. The van der Waals surface area contributed by atoms with E-state index in [0.29, 0.717) is 0 Å². The highest BCUT2D eigenvalue weighted by Crippen LogP contribution is 2.07. The Morgan fingerprint density at radius 3 is 2.36 bits per heavy atom. The van der Waals surface area contributed by atoms with E-state index >= 15 is 0 Å². The summed E-state index contributed by atoms with van der Waals surface area (Å²) in [6, 6.07) is 9.65. The van der Waals surface area contributed by atoms with E-state index in [1.807, 2.05) is 30.3 Å². The average molecular weight is 172 g/mol. The molecule has 0 fully saturated rings. The summed E-state index contributed by atoms with van der Waals surface area (Å²) in [6.45, 7) is 0. The third-order valence-electron chi connectivity index (χ3n) is 1.41. The molecule has 60 valence electrons. The smallest absolute Gasteiger partial charge is 0.109 e. The second-order valence-electron chi connectivity index (χ2n) is 2.12. The van der Waals surface area contributed by atoms with Crippen molar-refractivity contribution in [2.75, 3.05) is 0 Å². The van der Waals surface area contributed by atoms with Crippen LogP contribution in [0.1, 0.15) is 11.7 Å². The highest BCUT2D eigenvalue weighted by molar-refractivity contribution is 6.13. The zero-order valence-electron chi connectivity index (χ0n) is 5.92. The van der Waals surface area contributed by atoms with E-state index in [1.54, 1.807) is 0 Å². The quantitative estimate of drug-likeness (QED) is 0.274. The largest absolute Gasteiger partial charge is 0.270 e. The van der Waals surface area contributed by atoms with E-state index in [-0.39, 0.29) is 6.17 Å². The van der Waals surface area contributed by atoms with Crippen LogP contribution in [0.4, 0.5) is 0 Å². The van der Waals surface area contributed by atoms with E-state index in [4.69, 9.17) is 17.6 Å². The number of hydrazine groups is 1. The lowest BCUT2D eigenvalue weighted by atomic mass is 10.2. The fourth-order valence-electron chi connectivity index (χ4n) is 0.836. The van der Waals surface area contributed by atoms with Gasteiger partial charge in [0, 0.05) is 0 Å². The number of hydrogen-bond acceptors (Lipinski definition) is 3. The van der Waals surface area contributed by atoms with E-state index in [0.717, 1.165) is 5.56 Å². The molecule has 4 N–H and O–H groups in total. The van der Waals surface area contributed by atoms with Crippen molar-refractivity contribution in [1.29, 1.82) is 0 Å². The molecule has 4 heteroatoms. The van der Waals surface area contributed by atoms with Gasteiger partial charge in [0.1, 0.15) is 6.17 Å². The fourth-order valence-corrected chi connectivity index (χ4v) is 1.03. The zero-order chi connectivity index (χ0) is 8.10. The van der Waals surface area contributed by atoms with Crippen molar-refractivity contribution < 1.29 is 0 Å². The van der Waals surface area contributed by atoms with Gasteiger partial charge in [-0.3, -0.25) is 5.84 Å². The molecule has 1 unspecified atom stereocenters. The van der Waals surface area contributed by atoms with Gasteiger partial charge in [0.15, 0.2) is 0 Å². The highest BCUT2D eigenvalue weighted by atomic mass is 35.5. The lowest BCUT2D eigenvalue weighted by Crippen LogP contribution is -2.34. The number of halogens is 1. The molecule has 0 heterocycles. The van der Waals surface area contributed by atoms with Crippen molar-refractivity contribution in [1.82, 2.24) is 10.3 Å². The fraction of sp³-hybridized carbons (Fsp3) is 0.143. The Bertz CT molecular complexity index is 198. The second kappa shape index (κ2) is 4.31. The Hall–Kier alpha value is -0.610. The van der Waals surface area contributed by atoms with Gasteiger partial charge in [-0.2, -0.15) is 0 Å². The first kappa shape index (κ1) is 8.49. The highest BCUT2D eigenvalue weighted by Gasteiger charge is 2.04. The molecule has 0 amide bonds. The molecule has 1 atom stereocenters. The first-order chi connectivity index (χ1) is 5.38. The molecular formula is C7H10ClN3. The predicted octanol–water partition coefficient (Wildman–Crippen LogP) is 0.892. The first-order valence-electron chi connectivity index (χ1n) is 3.25. The Morgan fingerprint density at radius 1 is 1.27 bits per heavy atom. The molecule has 0 aromatic heterocycles. The van der Waals surface area contributed by atoms with Crippen LogP contribution in [-0.4, -0.2) is 0 Å². The van der Waals surface area contributed by atoms with E-state index in [1.165, 1.54) is 0 Å². The normalized spacial score (nSPS) is 12.9. The van der Waals surface area contributed by atoms with Gasteiger partial charge in [-0.1, -0.05) is 30.3 Å². The molecule has 0 saturated carbocycles. The van der Waals surface area contributed by atoms with E-state index in [9.17, 15) is 0 Å². The monoisotopic (exact) mass is 171 g/mol. The first-order valence-corrected chi connectivity index (χ1v) is 3.63. The van der Waals surface area contributed by atoms with Crippen LogP contribution in [0.5, 0.6) is 0 Å². The van der Waals surface area contributed by atoms with E-state index in [2.05, 4.69) is 10.3 Å². The molecule has 3 nitrogen and oxygen atoms in total. The van der Waals surface area contributed by atoms with Crippen LogP contribution in [0.25, 0.3) is 0 Å². The SMILES string of the molecule is NNC(NCl)c1ccccc1. The third kappa shape index (κ3) is 2.17. The van der Waals surface area contributed by atoms with Crippen molar-refractivity contribution in [3.63, 3.8) is 0 Å². The molecule has 11 heavy (non-hydrogen) atoms. The number of nitrogens with one attached hydrogen (secondary N) is 2. The van der Waals surface area contributed by atoms with Gasteiger partial charge in [-0.15, -0.1) is 0 Å². The van der Waals surface area contributed by atoms with E-state index < -0.39 is 0 Å². The molecule has 0 aliphatic heterocycles. The molecular weight excluding hydrogens is 162 g/mol. The molecule has 0 aliphatic carbocycles. The minimum absolute atomic E-state index is 0.196. The summed E-state index contributed by atoms with van der Waals surface area (Å²) in [5.74, 6) is 5.22. The van der Waals surface area contributed by atoms with Crippen LogP contribution in [0.2, 0.25) is 0 Å². The summed E-state index contributed by atoms with van der Waals surface area (Å²) in [7, 11) is 0. The number of hydrogen-bond donors (Lipinski definition) is 3. The summed E-state index contributed by atoms with van der Waals surface area (Å²) in [6.07, 6.45) is -0.196. The lowest BCUT2D eigenvalue weighted by molar-refractivity contribution is 0.537. The Kier molecular flexibility index (Phi) is 3.32. The minimum Gasteiger partial charge on any atom is -0.270 e. The van der Waals surface area contributed by atoms with Crippen LogP contribution in [-0.2, 0) is 0 Å². The second-order valence-corrected chi connectivity index (χ2v) is 2.34. The molecule has 0 bridgehead atoms. The number of rotatable bonds is 3. The minimum atomic E-state index is -0.196. The van der Waals surface area contributed by atoms with Crippen LogP contribution in [0, 0.1) is 0 Å². The molecule has 1 rings (SSSR count). The van der Waals surface area contributed by atoms with Crippen LogP contribution >= 0.6 is 11.8 Å². The lowest BCUT2D eigenvalue weighted by Gasteiger charge is -2.12. The summed E-state index contributed by atoms with van der Waals surface area (Å²) in [4.78, 5) is 2.50. The molecule has 0 spiro atoms. The maximum absolute atomic E-state index is 5.41. The maximum atomic E-state index is 5.41. The Balaban J connectivity index is 2.74. The van der Waals surface area contributed by atoms with Gasteiger partial charge in [-0.25, -0.2) is 10.3 Å². The summed E-state index contributed by atoms with van der Waals surface area (Å²) >= 11 is 5.41. The van der Waals surface area contributed by atoms with Crippen LogP contribution in [0.15, 0.2) is 30.3 Å². The number of benzene rings is 1. The van der Waals surface area contributed by atoms with Crippen LogP contribution < -0.4 is 16.1 Å². The third-order valence-corrected chi connectivity index (χ3v) is 1.63. The van der Waals surface area contributed by atoms with Gasteiger partial charge in [0.05, 0.1) is 0 Å². The maximum Gasteiger partial charge on any atom is 0.109 e. The van der Waals surface area contributed by atoms with Crippen molar-refractivity contribution >= 4 is 11.8 Å². The average Bonchev–Trinajstić information content (AvgIpc) is 2.09. The molecule has 0 saturated heterocycles. The van der Waals surface area contributed by atoms with Crippen molar-refractivity contribution in [3.8, 4) is 0 Å². The zero-order valence-corrected chi connectivity index (χ0v) is 6.68. The van der Waals surface area contributed by atoms with Gasteiger partial charge in [-0.05, 0) is 17.3 Å². The van der Waals surface area contributed by atoms with Crippen LogP contribution in [0.3, 0.4) is 0 Å². The number of nitrogens with two attached hydrogens (primary N) is 1. The predicted molar refractivity (Wildman–Crippen MR) is 45.5 cm³/mol. The van der Waals surface area contributed by atoms with Crippen molar-refractivity contribution in [3.05, 3.63) is 35.9 Å². The Morgan fingerprint density at radius 2 is 1.91 bits per heavy atom. The molecule has 1 aromatic carbocycles. The molecule has 1 aromatic rings. The molecule has 0 radical (unpaired) electrons. The van der Waals surface area contributed by atoms with Gasteiger partial charge < -0.3 is 0 Å².